The van der Waals surface area contributed by atoms with Crippen LogP contribution in [0.3, 0.4) is 0 Å². The Hall–Kier alpha value is -2.61. The lowest BCUT2D eigenvalue weighted by atomic mass is 9.98. The maximum Gasteiger partial charge on any atom is 0.573 e. The molecule has 0 aromatic heterocycles. The summed E-state index contributed by atoms with van der Waals surface area (Å²) in [4.78, 5) is 0. The summed E-state index contributed by atoms with van der Waals surface area (Å²) in [6, 6.07) is 6.30. The van der Waals surface area contributed by atoms with E-state index in [-0.39, 0.29) is 5.56 Å². The van der Waals surface area contributed by atoms with Crippen LogP contribution in [0.5, 0.6) is 23.0 Å². The molecule has 5 N–H and O–H groups in total. The highest BCUT2D eigenvalue weighted by molar-refractivity contribution is 5.55. The Labute approximate surface area is 123 Å². The Kier molecular flexibility index (Phi) is 4.05. The largest absolute Gasteiger partial charge is 0.573 e. The minimum Gasteiger partial charge on any atom is -0.504 e. The predicted molar refractivity (Wildman–Crippen MR) is 70.6 cm³/mol. The topological polar surface area (TPSA) is 95.9 Å². The molecule has 0 saturated carbocycles. The molecular weight excluding hydrogens is 303 g/mol. The van der Waals surface area contributed by atoms with Crippen LogP contribution < -0.4 is 10.5 Å². The second-order valence-corrected chi connectivity index (χ2v) is 4.47. The lowest BCUT2D eigenvalue weighted by Crippen LogP contribution is -2.17. The van der Waals surface area contributed by atoms with Gasteiger partial charge in [-0.3, -0.25) is 0 Å². The third-order valence-electron chi connectivity index (χ3n) is 2.97. The molecule has 0 saturated heterocycles. The van der Waals surface area contributed by atoms with Crippen molar-refractivity contribution in [2.75, 3.05) is 0 Å². The second-order valence-electron chi connectivity index (χ2n) is 4.47. The maximum absolute atomic E-state index is 12.1. The fourth-order valence-corrected chi connectivity index (χ4v) is 1.89. The van der Waals surface area contributed by atoms with Crippen LogP contribution in [0.15, 0.2) is 36.4 Å². The van der Waals surface area contributed by atoms with Gasteiger partial charge in [0.15, 0.2) is 11.5 Å². The van der Waals surface area contributed by atoms with E-state index in [0.717, 1.165) is 18.2 Å². The van der Waals surface area contributed by atoms with E-state index in [0.29, 0.717) is 5.56 Å². The fraction of sp³-hybridized carbons (Fsp3) is 0.143. The van der Waals surface area contributed by atoms with Crippen molar-refractivity contribution in [3.63, 3.8) is 0 Å². The predicted octanol–water partition coefficient (Wildman–Crippen LogP) is 2.75. The molecule has 0 aliphatic carbocycles. The van der Waals surface area contributed by atoms with Crippen molar-refractivity contribution >= 4 is 0 Å². The van der Waals surface area contributed by atoms with E-state index >= 15 is 0 Å². The standard InChI is InChI=1S/C14H12F3NO4/c15-14(16,17)22-8-3-1-7(2-4-8)11(18)9-5-6-10(19)13(21)12(9)20/h1-6,11,19-21H,18H2/t11-/m0/s1. The third-order valence-corrected chi connectivity index (χ3v) is 2.97. The van der Waals surface area contributed by atoms with Crippen molar-refractivity contribution in [3.05, 3.63) is 47.5 Å². The van der Waals surface area contributed by atoms with E-state index in [9.17, 15) is 28.5 Å². The summed E-state index contributed by atoms with van der Waals surface area (Å²) in [5.41, 5.74) is 6.39. The molecular formula is C14H12F3NO4. The molecule has 0 bridgehead atoms. The molecule has 8 heteroatoms. The highest BCUT2D eigenvalue weighted by Crippen LogP contribution is 2.40. The van der Waals surface area contributed by atoms with Crippen LogP contribution in [0, 0.1) is 0 Å². The van der Waals surface area contributed by atoms with Crippen molar-refractivity contribution in [2.24, 2.45) is 5.73 Å². The molecule has 0 aliphatic rings. The number of rotatable bonds is 3. The van der Waals surface area contributed by atoms with Gasteiger partial charge in [-0.1, -0.05) is 12.1 Å². The zero-order valence-electron chi connectivity index (χ0n) is 11.0. The normalized spacial score (nSPS) is 12.9. The van der Waals surface area contributed by atoms with E-state index in [1.54, 1.807) is 0 Å². The number of hydrogen-bond donors (Lipinski definition) is 4. The summed E-state index contributed by atoms with van der Waals surface area (Å²) in [6.07, 6.45) is -4.79. The van der Waals surface area contributed by atoms with E-state index in [2.05, 4.69) is 4.74 Å². The molecule has 0 heterocycles. The van der Waals surface area contributed by atoms with Crippen LogP contribution in [0.1, 0.15) is 17.2 Å². The Morgan fingerprint density at radius 3 is 2.05 bits per heavy atom. The van der Waals surface area contributed by atoms with Crippen molar-refractivity contribution in [1.82, 2.24) is 0 Å². The van der Waals surface area contributed by atoms with E-state index in [1.165, 1.54) is 18.2 Å². The number of hydrogen-bond acceptors (Lipinski definition) is 5. The van der Waals surface area contributed by atoms with Crippen LogP contribution in [0.2, 0.25) is 0 Å². The van der Waals surface area contributed by atoms with Crippen LogP contribution in [0.4, 0.5) is 13.2 Å². The van der Waals surface area contributed by atoms with Gasteiger partial charge in [0.1, 0.15) is 5.75 Å². The molecule has 0 spiro atoms. The molecule has 1 atom stereocenters. The van der Waals surface area contributed by atoms with Crippen LogP contribution >= 0.6 is 0 Å². The lowest BCUT2D eigenvalue weighted by molar-refractivity contribution is -0.274. The third kappa shape index (κ3) is 3.34. The smallest absolute Gasteiger partial charge is 0.504 e. The fourth-order valence-electron chi connectivity index (χ4n) is 1.89. The average molecular weight is 315 g/mol. The van der Waals surface area contributed by atoms with Gasteiger partial charge >= 0.3 is 6.36 Å². The molecule has 5 nitrogen and oxygen atoms in total. The van der Waals surface area contributed by atoms with Gasteiger partial charge in [-0.2, -0.15) is 0 Å². The zero-order chi connectivity index (χ0) is 16.5. The number of phenolic OH excluding ortho intramolecular Hbond substituents is 3. The number of alkyl halides is 3. The molecule has 0 unspecified atom stereocenters. The Morgan fingerprint density at radius 1 is 0.909 bits per heavy atom. The number of halogens is 3. The first-order valence-electron chi connectivity index (χ1n) is 6.04. The molecule has 2 rings (SSSR count). The molecule has 2 aromatic carbocycles. The first kappa shape index (κ1) is 15.8. The Balaban J connectivity index is 2.27. The van der Waals surface area contributed by atoms with Gasteiger partial charge in [-0.15, -0.1) is 13.2 Å². The van der Waals surface area contributed by atoms with E-state index in [4.69, 9.17) is 5.73 Å². The Morgan fingerprint density at radius 2 is 1.50 bits per heavy atom. The van der Waals surface area contributed by atoms with Crippen molar-refractivity contribution in [2.45, 2.75) is 12.4 Å². The van der Waals surface area contributed by atoms with Gasteiger partial charge < -0.3 is 25.8 Å². The summed E-state index contributed by atoms with van der Waals surface area (Å²) >= 11 is 0. The molecule has 0 amide bonds. The number of benzene rings is 2. The van der Waals surface area contributed by atoms with E-state index in [1.807, 2.05) is 0 Å². The molecule has 0 aliphatic heterocycles. The quantitative estimate of drug-likeness (QED) is 0.653. The zero-order valence-corrected chi connectivity index (χ0v) is 11.0. The van der Waals surface area contributed by atoms with Gasteiger partial charge in [0.05, 0.1) is 6.04 Å². The molecule has 22 heavy (non-hydrogen) atoms. The van der Waals surface area contributed by atoms with Gasteiger partial charge in [0, 0.05) is 5.56 Å². The molecule has 0 radical (unpaired) electrons. The molecule has 2 aromatic rings. The second kappa shape index (κ2) is 5.64. The highest BCUT2D eigenvalue weighted by Gasteiger charge is 2.31. The summed E-state index contributed by atoms with van der Waals surface area (Å²) in [5, 5.41) is 28.5. The van der Waals surface area contributed by atoms with Gasteiger partial charge in [0.2, 0.25) is 5.75 Å². The van der Waals surface area contributed by atoms with Gasteiger partial charge in [0.25, 0.3) is 0 Å². The summed E-state index contributed by atoms with van der Waals surface area (Å²) in [5.74, 6) is -2.23. The number of ether oxygens (including phenoxy) is 1. The minimum absolute atomic E-state index is 0.111. The van der Waals surface area contributed by atoms with Crippen molar-refractivity contribution in [3.8, 4) is 23.0 Å². The van der Waals surface area contributed by atoms with E-state index < -0.39 is 35.4 Å². The van der Waals surface area contributed by atoms with Gasteiger partial charge in [-0.05, 0) is 29.8 Å². The Bertz CT molecular complexity index is 671. The van der Waals surface area contributed by atoms with Crippen LogP contribution in [-0.4, -0.2) is 21.7 Å². The number of phenols is 3. The van der Waals surface area contributed by atoms with Crippen molar-refractivity contribution in [1.29, 1.82) is 0 Å². The minimum atomic E-state index is -4.79. The highest BCUT2D eigenvalue weighted by atomic mass is 19.4. The summed E-state index contributed by atoms with van der Waals surface area (Å²) in [6.45, 7) is 0. The monoisotopic (exact) mass is 315 g/mol. The number of nitrogens with two attached hydrogens (primary N) is 1. The maximum atomic E-state index is 12.1. The van der Waals surface area contributed by atoms with Gasteiger partial charge in [-0.25, -0.2) is 0 Å². The lowest BCUT2D eigenvalue weighted by Gasteiger charge is -2.16. The first-order chi connectivity index (χ1) is 10.2. The number of aromatic hydroxyl groups is 3. The van der Waals surface area contributed by atoms with Crippen LogP contribution in [0.25, 0.3) is 0 Å². The first-order valence-corrected chi connectivity index (χ1v) is 6.04. The SMILES string of the molecule is N[C@@H](c1ccc(OC(F)(F)F)cc1)c1ccc(O)c(O)c1O. The molecule has 118 valence electrons. The molecule has 0 fully saturated rings. The summed E-state index contributed by atoms with van der Waals surface area (Å²) < 4.78 is 39.9. The van der Waals surface area contributed by atoms with Crippen molar-refractivity contribution < 1.29 is 33.2 Å². The van der Waals surface area contributed by atoms with Crippen LogP contribution in [-0.2, 0) is 0 Å². The average Bonchev–Trinajstić information content (AvgIpc) is 2.43. The summed E-state index contributed by atoms with van der Waals surface area (Å²) in [7, 11) is 0.